The van der Waals surface area contributed by atoms with Gasteiger partial charge in [-0.1, -0.05) is 35.3 Å². The Hall–Kier alpha value is -0.710. The zero-order chi connectivity index (χ0) is 10.1. The maximum Gasteiger partial charge on any atom is 0.267 e. The normalized spacial score (nSPS) is 10.4. The first-order valence-corrected chi connectivity index (χ1v) is 5.49. The van der Waals surface area contributed by atoms with Crippen LogP contribution in [0.4, 0.5) is 0 Å². The Morgan fingerprint density at radius 2 is 1.93 bits per heavy atom. The molecule has 0 saturated heterocycles. The van der Waals surface area contributed by atoms with Crippen molar-refractivity contribution in [2.45, 2.75) is 4.21 Å². The highest BCUT2D eigenvalue weighted by Gasteiger charge is 2.09. The molecule has 0 fully saturated rings. The molecule has 1 aromatic carbocycles. The lowest BCUT2D eigenvalue weighted by Crippen LogP contribution is -2.00. The molecule has 2 nitrogen and oxygen atoms in total. The maximum absolute atomic E-state index is 11.4. The Morgan fingerprint density at radius 1 is 1.29 bits per heavy atom. The Balaban J connectivity index is 2.60. The summed E-state index contributed by atoms with van der Waals surface area (Å²) in [5.41, 5.74) is 1.33. The molecule has 1 heterocycles. The minimum atomic E-state index is -0.109. The van der Waals surface area contributed by atoms with Crippen LogP contribution in [0.3, 0.4) is 0 Å². The van der Waals surface area contributed by atoms with Crippen LogP contribution in [0.15, 0.2) is 33.3 Å². The second kappa shape index (κ2) is 3.81. The van der Waals surface area contributed by atoms with Crippen molar-refractivity contribution in [3.05, 3.63) is 39.6 Å². The van der Waals surface area contributed by atoms with Gasteiger partial charge in [-0.25, -0.2) is 0 Å². The van der Waals surface area contributed by atoms with Gasteiger partial charge in [0.1, 0.15) is 0 Å². The first-order chi connectivity index (χ1) is 6.68. The summed E-state index contributed by atoms with van der Waals surface area (Å²) in [6, 6.07) is 7.11. The zero-order valence-corrected chi connectivity index (χ0v) is 9.42. The zero-order valence-electron chi connectivity index (χ0n) is 6.95. The Morgan fingerprint density at radius 3 is 2.43 bits per heavy atom. The van der Waals surface area contributed by atoms with Gasteiger partial charge in [0.25, 0.3) is 5.56 Å². The highest BCUT2D eigenvalue weighted by atomic mass is 35.5. The number of rotatable bonds is 1. The molecular formula is C9H6ClNOS2. The van der Waals surface area contributed by atoms with Gasteiger partial charge in [0.15, 0.2) is 0 Å². The SMILES string of the molecule is O=c1[nH]sc(S)c1-c1ccc(Cl)cc1. The third kappa shape index (κ3) is 1.73. The van der Waals surface area contributed by atoms with Gasteiger partial charge in [-0.15, -0.1) is 12.6 Å². The fourth-order valence-corrected chi connectivity index (χ4v) is 2.26. The number of H-pyrrole nitrogens is 1. The summed E-state index contributed by atoms with van der Waals surface area (Å²) in [6.45, 7) is 0. The lowest BCUT2D eigenvalue weighted by atomic mass is 10.1. The highest BCUT2D eigenvalue weighted by Crippen LogP contribution is 2.26. The molecule has 1 N–H and O–H groups in total. The van der Waals surface area contributed by atoms with E-state index in [-0.39, 0.29) is 5.56 Å². The number of aromatic amines is 1. The summed E-state index contributed by atoms with van der Waals surface area (Å²) >= 11 is 11.2. The molecule has 1 aromatic heterocycles. The van der Waals surface area contributed by atoms with Crippen molar-refractivity contribution in [3.8, 4) is 11.1 Å². The van der Waals surface area contributed by atoms with E-state index in [4.69, 9.17) is 11.6 Å². The number of aromatic nitrogens is 1. The van der Waals surface area contributed by atoms with E-state index in [9.17, 15) is 4.79 Å². The van der Waals surface area contributed by atoms with E-state index in [2.05, 4.69) is 17.0 Å². The van der Waals surface area contributed by atoms with Gasteiger partial charge in [0.2, 0.25) is 0 Å². The van der Waals surface area contributed by atoms with Crippen LogP contribution in [-0.4, -0.2) is 4.37 Å². The molecule has 0 atom stereocenters. The van der Waals surface area contributed by atoms with Crippen LogP contribution in [0.5, 0.6) is 0 Å². The number of benzene rings is 1. The molecule has 0 bridgehead atoms. The molecule has 0 radical (unpaired) electrons. The van der Waals surface area contributed by atoms with E-state index in [0.717, 1.165) is 5.56 Å². The van der Waals surface area contributed by atoms with E-state index >= 15 is 0 Å². The Kier molecular flexibility index (Phi) is 2.67. The summed E-state index contributed by atoms with van der Waals surface area (Å²) in [6.07, 6.45) is 0. The predicted octanol–water partition coefficient (Wildman–Crippen LogP) is 3.05. The summed E-state index contributed by atoms with van der Waals surface area (Å²) in [5, 5.41) is 0.654. The minimum absolute atomic E-state index is 0.109. The van der Waals surface area contributed by atoms with Crippen LogP contribution in [-0.2, 0) is 0 Å². The van der Waals surface area contributed by atoms with Crippen molar-refractivity contribution in [2.75, 3.05) is 0 Å². The van der Waals surface area contributed by atoms with Gasteiger partial charge in [0, 0.05) is 5.02 Å². The van der Waals surface area contributed by atoms with Gasteiger partial charge in [-0.3, -0.25) is 9.17 Å². The summed E-state index contributed by atoms with van der Waals surface area (Å²) < 4.78 is 3.32. The molecule has 0 aliphatic heterocycles. The van der Waals surface area contributed by atoms with Crippen molar-refractivity contribution < 1.29 is 0 Å². The molecule has 5 heteroatoms. The van der Waals surface area contributed by atoms with E-state index in [0.29, 0.717) is 14.8 Å². The first kappa shape index (κ1) is 9.83. The lowest BCUT2D eigenvalue weighted by molar-refractivity contribution is 1.41. The molecule has 2 aromatic rings. The maximum atomic E-state index is 11.4. The molecule has 0 amide bonds. The summed E-state index contributed by atoms with van der Waals surface area (Å²) in [4.78, 5) is 11.4. The topological polar surface area (TPSA) is 32.9 Å². The fourth-order valence-electron chi connectivity index (χ4n) is 1.16. The third-order valence-electron chi connectivity index (χ3n) is 1.81. The van der Waals surface area contributed by atoms with E-state index in [1.807, 2.05) is 0 Å². The lowest BCUT2D eigenvalue weighted by Gasteiger charge is -1.97. The fraction of sp³-hybridized carbons (Fsp3) is 0. The molecule has 72 valence electrons. The molecule has 0 saturated carbocycles. The summed E-state index contributed by atoms with van der Waals surface area (Å²) in [7, 11) is 0. The van der Waals surface area contributed by atoms with Crippen LogP contribution in [0, 0.1) is 0 Å². The first-order valence-electron chi connectivity index (χ1n) is 3.85. The van der Waals surface area contributed by atoms with Crippen molar-refractivity contribution in [3.63, 3.8) is 0 Å². The third-order valence-corrected chi connectivity index (χ3v) is 3.25. The van der Waals surface area contributed by atoms with Crippen LogP contribution in [0.1, 0.15) is 0 Å². The largest absolute Gasteiger partial charge is 0.276 e. The van der Waals surface area contributed by atoms with Crippen molar-refractivity contribution in [2.24, 2.45) is 0 Å². The number of halogens is 1. The van der Waals surface area contributed by atoms with Crippen LogP contribution in [0.2, 0.25) is 5.02 Å². The van der Waals surface area contributed by atoms with Crippen LogP contribution < -0.4 is 5.56 Å². The average Bonchev–Trinajstić information content (AvgIpc) is 2.49. The molecule has 0 spiro atoms. The Labute approximate surface area is 95.1 Å². The molecule has 0 aliphatic carbocycles. The van der Waals surface area contributed by atoms with Gasteiger partial charge in [0.05, 0.1) is 9.77 Å². The Bertz CT molecular complexity index is 500. The number of thiol groups is 1. The number of hydrogen-bond donors (Lipinski definition) is 2. The highest BCUT2D eigenvalue weighted by molar-refractivity contribution is 7.82. The van der Waals surface area contributed by atoms with Gasteiger partial charge < -0.3 is 0 Å². The standard InChI is InChI=1S/C9H6ClNOS2/c10-6-3-1-5(2-4-6)7-8(12)11-14-9(7)13/h1-4,13H,(H,11,12). The van der Waals surface area contributed by atoms with Crippen molar-refractivity contribution in [1.29, 1.82) is 0 Å². The molecule has 2 rings (SSSR count). The second-order valence-electron chi connectivity index (χ2n) is 2.72. The smallest absolute Gasteiger partial charge is 0.267 e. The van der Waals surface area contributed by atoms with Crippen molar-refractivity contribution >= 4 is 35.8 Å². The van der Waals surface area contributed by atoms with E-state index in [1.165, 1.54) is 11.5 Å². The second-order valence-corrected chi connectivity index (χ2v) is 4.72. The quantitative estimate of drug-likeness (QED) is 0.742. The molecule has 0 aliphatic rings. The van der Waals surface area contributed by atoms with Gasteiger partial charge in [-0.05, 0) is 17.7 Å². The molecule has 0 unspecified atom stereocenters. The average molecular weight is 244 g/mol. The van der Waals surface area contributed by atoms with Crippen LogP contribution >= 0.6 is 35.8 Å². The number of nitrogens with one attached hydrogen (secondary N) is 1. The minimum Gasteiger partial charge on any atom is -0.276 e. The monoisotopic (exact) mass is 243 g/mol. The molecule has 14 heavy (non-hydrogen) atoms. The molecular weight excluding hydrogens is 238 g/mol. The summed E-state index contributed by atoms with van der Waals surface area (Å²) in [5.74, 6) is 0. The van der Waals surface area contributed by atoms with Gasteiger partial charge in [-0.2, -0.15) is 0 Å². The van der Waals surface area contributed by atoms with Crippen molar-refractivity contribution in [1.82, 2.24) is 4.37 Å². The van der Waals surface area contributed by atoms with E-state index < -0.39 is 0 Å². The van der Waals surface area contributed by atoms with E-state index in [1.54, 1.807) is 24.3 Å². The number of hydrogen-bond acceptors (Lipinski definition) is 3. The predicted molar refractivity (Wildman–Crippen MR) is 62.6 cm³/mol. The van der Waals surface area contributed by atoms with Crippen LogP contribution in [0.25, 0.3) is 11.1 Å². The van der Waals surface area contributed by atoms with Gasteiger partial charge >= 0.3 is 0 Å².